The van der Waals surface area contributed by atoms with Crippen molar-refractivity contribution < 1.29 is 9.53 Å². The van der Waals surface area contributed by atoms with Gasteiger partial charge in [-0.1, -0.05) is 0 Å². The molecule has 6 heteroatoms. The summed E-state index contributed by atoms with van der Waals surface area (Å²) in [5.41, 5.74) is 8.46. The first kappa shape index (κ1) is 14.4. The number of carbonyl (C=O) groups is 1. The van der Waals surface area contributed by atoms with Crippen LogP contribution >= 0.6 is 0 Å². The minimum atomic E-state index is -0.457. The Hall–Kier alpha value is -2.55. The summed E-state index contributed by atoms with van der Waals surface area (Å²) in [6, 6.07) is 2.12. The Morgan fingerprint density at radius 3 is 2.95 bits per heavy atom. The summed E-state index contributed by atoms with van der Waals surface area (Å²) in [7, 11) is 0. The molecule has 1 aromatic rings. The van der Waals surface area contributed by atoms with Crippen LogP contribution in [0.1, 0.15) is 43.4 Å². The lowest BCUT2D eigenvalue weighted by Crippen LogP contribution is -2.27. The molecule has 0 saturated heterocycles. The van der Waals surface area contributed by atoms with Crippen molar-refractivity contribution >= 4 is 5.78 Å². The largest absolute Gasteiger partial charge is 0.444 e. The van der Waals surface area contributed by atoms with Crippen LogP contribution in [0.2, 0.25) is 0 Å². The van der Waals surface area contributed by atoms with Crippen LogP contribution in [-0.2, 0) is 16.1 Å². The van der Waals surface area contributed by atoms with E-state index < -0.39 is 5.92 Å². The van der Waals surface area contributed by atoms with Gasteiger partial charge < -0.3 is 10.5 Å². The van der Waals surface area contributed by atoms with Gasteiger partial charge in [-0.05, 0) is 20.3 Å². The van der Waals surface area contributed by atoms with Gasteiger partial charge in [0.1, 0.15) is 17.4 Å². The molecule has 0 fully saturated rings. The molecule has 1 aliphatic carbocycles. The monoisotopic (exact) mass is 298 g/mol. The van der Waals surface area contributed by atoms with E-state index in [2.05, 4.69) is 11.2 Å². The zero-order valence-electron chi connectivity index (χ0n) is 12.7. The number of aromatic nitrogens is 2. The first-order chi connectivity index (χ1) is 10.6. The van der Waals surface area contributed by atoms with E-state index in [0.29, 0.717) is 29.7 Å². The molecule has 0 saturated carbocycles. The second kappa shape index (κ2) is 5.34. The van der Waals surface area contributed by atoms with E-state index in [-0.39, 0.29) is 11.7 Å². The SMILES string of the molecule is CCn1cc([C@H]2C(C#N)=C(N)OC3=C2C(=O)CCC3)c(C)n1. The van der Waals surface area contributed by atoms with Gasteiger partial charge >= 0.3 is 0 Å². The third-order valence-electron chi connectivity index (χ3n) is 4.22. The predicted octanol–water partition coefficient (Wildman–Crippen LogP) is 2.03. The molecule has 0 bridgehead atoms. The average Bonchev–Trinajstić information content (AvgIpc) is 2.87. The number of rotatable bonds is 2. The summed E-state index contributed by atoms with van der Waals surface area (Å²) in [5.74, 6) is 0.294. The molecule has 114 valence electrons. The van der Waals surface area contributed by atoms with Gasteiger partial charge in [0.25, 0.3) is 0 Å². The summed E-state index contributed by atoms with van der Waals surface area (Å²) >= 11 is 0. The Balaban J connectivity index is 2.20. The highest BCUT2D eigenvalue weighted by Gasteiger charge is 2.39. The molecular formula is C16H18N4O2. The quantitative estimate of drug-likeness (QED) is 0.901. The number of nitriles is 1. The minimum absolute atomic E-state index is 0.0372. The van der Waals surface area contributed by atoms with Crippen LogP contribution in [0.4, 0.5) is 0 Å². The van der Waals surface area contributed by atoms with Crippen LogP contribution in [-0.4, -0.2) is 15.6 Å². The standard InChI is InChI=1S/C16H18N4O2/c1-3-20-8-11(9(2)19-20)14-10(7-17)16(18)22-13-6-4-5-12(21)15(13)14/h8,14H,3-6,18H2,1-2H3/t14-/m1/s1. The van der Waals surface area contributed by atoms with Crippen LogP contribution in [0.3, 0.4) is 0 Å². The highest BCUT2D eigenvalue weighted by atomic mass is 16.5. The van der Waals surface area contributed by atoms with E-state index in [0.717, 1.165) is 24.2 Å². The molecule has 3 rings (SSSR count). The molecule has 6 nitrogen and oxygen atoms in total. The number of Topliss-reactive ketones (excluding diaryl/α,β-unsaturated/α-hetero) is 1. The number of nitrogens with two attached hydrogens (primary N) is 1. The van der Waals surface area contributed by atoms with Gasteiger partial charge in [-0.15, -0.1) is 0 Å². The normalized spacial score (nSPS) is 21.5. The first-order valence-corrected chi connectivity index (χ1v) is 7.44. The van der Waals surface area contributed by atoms with E-state index >= 15 is 0 Å². The maximum atomic E-state index is 12.4. The molecule has 0 aromatic carbocycles. The van der Waals surface area contributed by atoms with Crippen LogP contribution in [0.15, 0.2) is 29.0 Å². The number of hydrogen-bond donors (Lipinski definition) is 1. The Morgan fingerprint density at radius 1 is 1.55 bits per heavy atom. The zero-order chi connectivity index (χ0) is 15.9. The van der Waals surface area contributed by atoms with Crippen molar-refractivity contribution in [2.45, 2.75) is 45.6 Å². The van der Waals surface area contributed by atoms with Crippen molar-refractivity contribution in [3.05, 3.63) is 40.2 Å². The van der Waals surface area contributed by atoms with Crippen LogP contribution in [0.25, 0.3) is 0 Å². The van der Waals surface area contributed by atoms with E-state index in [1.165, 1.54) is 0 Å². The second-order valence-electron chi connectivity index (χ2n) is 5.56. The number of nitrogens with zero attached hydrogens (tertiary/aromatic N) is 3. The van der Waals surface area contributed by atoms with E-state index in [9.17, 15) is 10.1 Å². The van der Waals surface area contributed by atoms with Gasteiger partial charge in [0.15, 0.2) is 5.78 Å². The molecule has 0 radical (unpaired) electrons. The van der Waals surface area contributed by atoms with E-state index in [1.54, 1.807) is 4.68 Å². The predicted molar refractivity (Wildman–Crippen MR) is 79.2 cm³/mol. The molecule has 1 aliphatic heterocycles. The summed E-state index contributed by atoms with van der Waals surface area (Å²) in [5, 5.41) is 13.9. The van der Waals surface area contributed by atoms with Crippen molar-refractivity contribution in [3.63, 3.8) is 0 Å². The molecule has 2 N–H and O–H groups in total. The third-order valence-corrected chi connectivity index (χ3v) is 4.22. The fourth-order valence-corrected chi connectivity index (χ4v) is 3.15. The number of aryl methyl sites for hydroxylation is 2. The highest BCUT2D eigenvalue weighted by Crippen LogP contribution is 2.43. The molecule has 2 aliphatic rings. The van der Waals surface area contributed by atoms with Crippen LogP contribution < -0.4 is 5.73 Å². The molecule has 1 atom stereocenters. The molecule has 2 heterocycles. The Labute approximate surface area is 128 Å². The third kappa shape index (κ3) is 2.10. The number of allylic oxidation sites excluding steroid dienone is 3. The topological polar surface area (TPSA) is 93.9 Å². The average molecular weight is 298 g/mol. The van der Waals surface area contributed by atoms with Gasteiger partial charge in [-0.2, -0.15) is 10.4 Å². The van der Waals surface area contributed by atoms with Gasteiger partial charge in [0, 0.05) is 36.7 Å². The van der Waals surface area contributed by atoms with Crippen molar-refractivity contribution in [1.29, 1.82) is 5.26 Å². The number of carbonyl (C=O) groups excluding carboxylic acids is 1. The van der Waals surface area contributed by atoms with Crippen LogP contribution in [0.5, 0.6) is 0 Å². The summed E-state index contributed by atoms with van der Waals surface area (Å²) in [4.78, 5) is 12.4. The highest BCUT2D eigenvalue weighted by molar-refractivity contribution is 5.99. The molecule has 0 unspecified atom stereocenters. The summed E-state index contributed by atoms with van der Waals surface area (Å²) < 4.78 is 7.36. The van der Waals surface area contributed by atoms with Gasteiger partial charge in [0.05, 0.1) is 11.6 Å². The van der Waals surface area contributed by atoms with Crippen molar-refractivity contribution in [3.8, 4) is 6.07 Å². The maximum absolute atomic E-state index is 12.4. The number of hydrogen-bond acceptors (Lipinski definition) is 5. The summed E-state index contributed by atoms with van der Waals surface area (Å²) in [6.07, 6.45) is 3.81. The van der Waals surface area contributed by atoms with Crippen molar-refractivity contribution in [2.24, 2.45) is 5.73 Å². The smallest absolute Gasteiger partial charge is 0.205 e. The lowest BCUT2D eigenvalue weighted by molar-refractivity contribution is -0.116. The Bertz CT molecular complexity index is 749. The lowest BCUT2D eigenvalue weighted by Gasteiger charge is -2.30. The lowest BCUT2D eigenvalue weighted by atomic mass is 9.78. The molecule has 0 amide bonds. The zero-order valence-corrected chi connectivity index (χ0v) is 12.7. The Morgan fingerprint density at radius 2 is 2.32 bits per heavy atom. The number of ketones is 1. The van der Waals surface area contributed by atoms with Crippen LogP contribution in [0, 0.1) is 18.3 Å². The van der Waals surface area contributed by atoms with Crippen molar-refractivity contribution in [1.82, 2.24) is 9.78 Å². The van der Waals surface area contributed by atoms with E-state index in [4.69, 9.17) is 10.5 Å². The molecular weight excluding hydrogens is 280 g/mol. The second-order valence-corrected chi connectivity index (χ2v) is 5.56. The minimum Gasteiger partial charge on any atom is -0.444 e. The molecule has 22 heavy (non-hydrogen) atoms. The Kier molecular flexibility index (Phi) is 3.49. The summed E-state index contributed by atoms with van der Waals surface area (Å²) in [6.45, 7) is 4.60. The van der Waals surface area contributed by atoms with Gasteiger partial charge in [0.2, 0.25) is 5.88 Å². The van der Waals surface area contributed by atoms with Gasteiger partial charge in [-0.3, -0.25) is 9.48 Å². The molecule has 1 aromatic heterocycles. The van der Waals surface area contributed by atoms with E-state index in [1.807, 2.05) is 20.0 Å². The van der Waals surface area contributed by atoms with Gasteiger partial charge in [-0.25, -0.2) is 0 Å². The van der Waals surface area contributed by atoms with Crippen molar-refractivity contribution in [2.75, 3.05) is 0 Å². The fraction of sp³-hybridized carbons (Fsp3) is 0.438. The molecule has 0 spiro atoms. The fourth-order valence-electron chi connectivity index (χ4n) is 3.15. The first-order valence-electron chi connectivity index (χ1n) is 7.44. The maximum Gasteiger partial charge on any atom is 0.205 e. The number of ether oxygens (including phenoxy) is 1.